The zero-order valence-electron chi connectivity index (χ0n) is 13.3. The Morgan fingerprint density at radius 2 is 2.00 bits per heavy atom. The lowest BCUT2D eigenvalue weighted by atomic mass is 9.97. The molecule has 1 aliphatic heterocycles. The molecule has 1 aromatic carbocycles. The summed E-state index contributed by atoms with van der Waals surface area (Å²) in [5, 5.41) is 0. The largest absolute Gasteiger partial charge is 0.457 e. The smallest absolute Gasteiger partial charge is 0.423 e. The van der Waals surface area contributed by atoms with Crippen LogP contribution in [0.3, 0.4) is 0 Å². The summed E-state index contributed by atoms with van der Waals surface area (Å²) >= 11 is 0. The quantitative estimate of drug-likeness (QED) is 0.620. The molecule has 6 heteroatoms. The number of rotatable bonds is 3. The molecule has 24 heavy (non-hydrogen) atoms. The van der Waals surface area contributed by atoms with Gasteiger partial charge in [0.1, 0.15) is 12.2 Å². The maximum Gasteiger partial charge on any atom is 0.423 e. The number of likely N-dealkylation sites (tertiary alicyclic amines) is 1. The molecule has 3 nitrogen and oxygen atoms in total. The lowest BCUT2D eigenvalue weighted by Crippen LogP contribution is -2.33. The molecule has 2 unspecified atom stereocenters. The number of halogens is 3. The molecule has 2 aliphatic rings. The van der Waals surface area contributed by atoms with Gasteiger partial charge in [0.2, 0.25) is 0 Å². The Balaban J connectivity index is 1.84. The number of nitrogens with zero attached hydrogens (tertiary/aromatic N) is 1. The lowest BCUT2D eigenvalue weighted by Gasteiger charge is -2.30. The van der Waals surface area contributed by atoms with Crippen molar-refractivity contribution < 1.29 is 22.7 Å². The zero-order chi connectivity index (χ0) is 17.5. The third-order valence-corrected chi connectivity index (χ3v) is 4.79. The standard InChI is InChI=1S/C18H18F3NO2/c1-11-13-8-14(15(9-13)22(11)2)16(18(19,20)21)17(23)24-10-12-6-4-3-5-7-12/h3-7,13,15H,1,8-10H2,2H3/b16-14-. The minimum absolute atomic E-state index is 0.0192. The van der Waals surface area contributed by atoms with Crippen LogP contribution < -0.4 is 0 Å². The molecule has 1 saturated carbocycles. The highest BCUT2D eigenvalue weighted by Crippen LogP contribution is 2.49. The van der Waals surface area contributed by atoms with E-state index < -0.39 is 23.8 Å². The van der Waals surface area contributed by atoms with E-state index in [0.717, 1.165) is 5.70 Å². The molecule has 1 heterocycles. The summed E-state index contributed by atoms with van der Waals surface area (Å²) in [5.74, 6) is -1.32. The van der Waals surface area contributed by atoms with Crippen LogP contribution in [0.1, 0.15) is 18.4 Å². The third kappa shape index (κ3) is 2.92. The van der Waals surface area contributed by atoms with Crippen LogP contribution in [-0.2, 0) is 16.1 Å². The average Bonchev–Trinajstić information content (AvgIpc) is 3.06. The summed E-state index contributed by atoms with van der Waals surface area (Å²) in [5.41, 5.74) is 0.462. The highest BCUT2D eigenvalue weighted by Gasteiger charge is 2.50. The SMILES string of the molecule is C=C1C2C/C(=C(\C(=O)OCc3ccccc3)C(F)(F)F)C(C2)N1C. The van der Waals surface area contributed by atoms with E-state index in [2.05, 4.69) is 6.58 Å². The molecule has 2 bridgehead atoms. The molecular weight excluding hydrogens is 319 g/mol. The van der Waals surface area contributed by atoms with Crippen LogP contribution in [0.5, 0.6) is 0 Å². The van der Waals surface area contributed by atoms with Crippen molar-refractivity contribution in [3.05, 3.63) is 59.3 Å². The van der Waals surface area contributed by atoms with Gasteiger partial charge in [-0.25, -0.2) is 4.79 Å². The Morgan fingerprint density at radius 1 is 1.33 bits per heavy atom. The van der Waals surface area contributed by atoms with Crippen LogP contribution in [0.4, 0.5) is 13.2 Å². The summed E-state index contributed by atoms with van der Waals surface area (Å²) in [6, 6.07) is 8.24. The van der Waals surface area contributed by atoms with E-state index in [1.165, 1.54) is 0 Å². The van der Waals surface area contributed by atoms with E-state index in [1.807, 2.05) is 0 Å². The number of piperidine rings is 1. The van der Waals surface area contributed by atoms with Crippen molar-refractivity contribution in [2.75, 3.05) is 7.05 Å². The lowest BCUT2D eigenvalue weighted by molar-refractivity contribution is -0.152. The van der Waals surface area contributed by atoms with Crippen LogP contribution in [-0.4, -0.2) is 30.1 Å². The molecule has 2 fully saturated rings. The topological polar surface area (TPSA) is 29.5 Å². The van der Waals surface area contributed by atoms with Gasteiger partial charge in [-0.05, 0) is 24.0 Å². The molecule has 0 radical (unpaired) electrons. The monoisotopic (exact) mass is 337 g/mol. The second kappa shape index (κ2) is 6.00. The highest BCUT2D eigenvalue weighted by atomic mass is 19.4. The van der Waals surface area contributed by atoms with Gasteiger partial charge in [0.25, 0.3) is 0 Å². The molecule has 0 amide bonds. The first-order valence-corrected chi connectivity index (χ1v) is 7.72. The normalized spacial score (nSPS) is 25.2. The molecule has 1 aromatic rings. The maximum absolute atomic E-state index is 13.5. The Hall–Kier alpha value is -2.24. The Labute approximate surface area is 138 Å². The predicted molar refractivity (Wildman–Crippen MR) is 82.7 cm³/mol. The van der Waals surface area contributed by atoms with Crippen molar-refractivity contribution in [2.45, 2.75) is 31.7 Å². The van der Waals surface area contributed by atoms with Gasteiger partial charge in [0, 0.05) is 18.7 Å². The van der Waals surface area contributed by atoms with Crippen molar-refractivity contribution >= 4 is 5.97 Å². The minimum Gasteiger partial charge on any atom is -0.457 e. The van der Waals surface area contributed by atoms with Crippen LogP contribution in [0.15, 0.2) is 53.8 Å². The number of likely N-dealkylation sites (N-methyl/N-ethyl adjacent to an activating group) is 1. The summed E-state index contributed by atoms with van der Waals surface area (Å²) in [6.07, 6.45) is -3.92. The maximum atomic E-state index is 13.5. The average molecular weight is 337 g/mol. The Kier molecular flexibility index (Phi) is 4.15. The number of carbonyl (C=O) groups is 1. The summed E-state index contributed by atoms with van der Waals surface area (Å²) in [6.45, 7) is 3.72. The van der Waals surface area contributed by atoms with E-state index >= 15 is 0 Å². The van der Waals surface area contributed by atoms with Gasteiger partial charge in [-0.15, -0.1) is 0 Å². The molecule has 2 atom stereocenters. The summed E-state index contributed by atoms with van der Waals surface area (Å²) < 4.78 is 45.4. The molecule has 128 valence electrons. The Bertz CT molecular complexity index is 690. The number of carbonyl (C=O) groups excluding carboxylic acids is 1. The van der Waals surface area contributed by atoms with Crippen molar-refractivity contribution in [3.63, 3.8) is 0 Å². The van der Waals surface area contributed by atoms with E-state index in [0.29, 0.717) is 12.0 Å². The highest BCUT2D eigenvalue weighted by molar-refractivity contribution is 5.91. The fourth-order valence-electron chi connectivity index (χ4n) is 3.52. The van der Waals surface area contributed by atoms with E-state index in [9.17, 15) is 18.0 Å². The second-order valence-corrected chi connectivity index (χ2v) is 6.21. The van der Waals surface area contributed by atoms with Gasteiger partial charge < -0.3 is 9.64 Å². The first-order chi connectivity index (χ1) is 11.3. The fourth-order valence-corrected chi connectivity index (χ4v) is 3.52. The summed E-state index contributed by atoms with van der Waals surface area (Å²) in [7, 11) is 1.72. The number of hydrogen-bond donors (Lipinski definition) is 0. The number of alkyl halides is 3. The number of fused-ring (bicyclic) bond motifs is 2. The van der Waals surface area contributed by atoms with Crippen molar-refractivity contribution in [1.29, 1.82) is 0 Å². The van der Waals surface area contributed by atoms with Gasteiger partial charge >= 0.3 is 12.1 Å². The van der Waals surface area contributed by atoms with Crippen LogP contribution in [0, 0.1) is 5.92 Å². The van der Waals surface area contributed by atoms with Crippen molar-refractivity contribution in [2.24, 2.45) is 5.92 Å². The molecular formula is C18H18F3NO2. The van der Waals surface area contributed by atoms with Gasteiger partial charge in [-0.1, -0.05) is 36.9 Å². The minimum atomic E-state index is -4.73. The zero-order valence-corrected chi connectivity index (χ0v) is 13.3. The first kappa shape index (κ1) is 16.6. The van der Waals surface area contributed by atoms with Gasteiger partial charge in [-0.2, -0.15) is 13.2 Å². The molecule has 3 rings (SSSR count). The number of benzene rings is 1. The molecule has 0 spiro atoms. The third-order valence-electron chi connectivity index (χ3n) is 4.79. The van der Waals surface area contributed by atoms with Crippen LogP contribution in [0.2, 0.25) is 0 Å². The van der Waals surface area contributed by atoms with E-state index in [-0.39, 0.29) is 24.5 Å². The van der Waals surface area contributed by atoms with Crippen LogP contribution >= 0.6 is 0 Å². The number of hydrogen-bond acceptors (Lipinski definition) is 3. The Morgan fingerprint density at radius 3 is 2.54 bits per heavy atom. The molecule has 1 aliphatic carbocycles. The second-order valence-electron chi connectivity index (χ2n) is 6.21. The van der Waals surface area contributed by atoms with Gasteiger partial charge in [0.15, 0.2) is 0 Å². The fraction of sp³-hybridized carbons (Fsp3) is 0.389. The number of ether oxygens (including phenoxy) is 1. The first-order valence-electron chi connectivity index (χ1n) is 7.72. The van der Waals surface area contributed by atoms with Crippen LogP contribution in [0.25, 0.3) is 0 Å². The van der Waals surface area contributed by atoms with Gasteiger partial charge in [-0.3, -0.25) is 0 Å². The van der Waals surface area contributed by atoms with Crippen molar-refractivity contribution in [3.8, 4) is 0 Å². The van der Waals surface area contributed by atoms with Crippen molar-refractivity contribution in [1.82, 2.24) is 4.90 Å². The molecule has 1 saturated heterocycles. The summed E-state index contributed by atoms with van der Waals surface area (Å²) in [4.78, 5) is 13.9. The molecule has 0 aromatic heterocycles. The molecule has 0 N–H and O–H groups in total. The van der Waals surface area contributed by atoms with E-state index in [4.69, 9.17) is 4.74 Å². The number of esters is 1. The van der Waals surface area contributed by atoms with E-state index in [1.54, 1.807) is 42.3 Å². The van der Waals surface area contributed by atoms with Gasteiger partial charge in [0.05, 0.1) is 6.04 Å². The number of allylic oxidation sites excluding steroid dienone is 1. The predicted octanol–water partition coefficient (Wildman–Crippen LogP) is 3.83.